The standard InChI is InChI=1S/C11H19NO3/c1-11(2)12(10(13)14)9(7-15-11)6-5-8-3-4-8/h8-9H,3-7H2,1-2H3,(H,13,14)/t9-/m0/s1. The predicted molar refractivity (Wildman–Crippen MR) is 55.6 cm³/mol. The average Bonchev–Trinajstić information content (AvgIpc) is 2.87. The SMILES string of the molecule is CC1(C)OC[C@H](CCC2CC2)N1C(=O)O. The lowest BCUT2D eigenvalue weighted by Gasteiger charge is -2.30. The van der Waals surface area contributed by atoms with Crippen molar-refractivity contribution < 1.29 is 14.6 Å². The second-order valence-electron chi connectivity index (χ2n) is 5.08. The molecule has 2 fully saturated rings. The van der Waals surface area contributed by atoms with Crippen LogP contribution in [0.2, 0.25) is 0 Å². The van der Waals surface area contributed by atoms with Crippen molar-refractivity contribution in [2.45, 2.75) is 51.3 Å². The zero-order valence-electron chi connectivity index (χ0n) is 9.40. The number of nitrogens with zero attached hydrogens (tertiary/aromatic N) is 1. The van der Waals surface area contributed by atoms with Gasteiger partial charge in [0.1, 0.15) is 5.72 Å². The Morgan fingerprint density at radius 1 is 1.47 bits per heavy atom. The fourth-order valence-electron chi connectivity index (χ4n) is 2.32. The largest absolute Gasteiger partial charge is 0.465 e. The fraction of sp³-hybridized carbons (Fsp3) is 0.909. The molecule has 0 aromatic heterocycles. The van der Waals surface area contributed by atoms with Crippen LogP contribution in [0.1, 0.15) is 39.5 Å². The molecule has 0 aromatic carbocycles. The Kier molecular flexibility index (Phi) is 2.63. The van der Waals surface area contributed by atoms with Gasteiger partial charge in [0, 0.05) is 0 Å². The fourth-order valence-corrected chi connectivity index (χ4v) is 2.32. The molecule has 2 aliphatic rings. The van der Waals surface area contributed by atoms with E-state index in [1.165, 1.54) is 17.7 Å². The highest BCUT2D eigenvalue weighted by Crippen LogP contribution is 2.37. The summed E-state index contributed by atoms with van der Waals surface area (Å²) in [5, 5.41) is 9.15. The van der Waals surface area contributed by atoms with E-state index in [9.17, 15) is 4.79 Å². The van der Waals surface area contributed by atoms with Crippen LogP contribution in [0.3, 0.4) is 0 Å². The zero-order valence-corrected chi connectivity index (χ0v) is 9.40. The van der Waals surface area contributed by atoms with Gasteiger partial charge >= 0.3 is 6.09 Å². The first-order valence-electron chi connectivity index (χ1n) is 5.67. The molecule has 1 saturated carbocycles. The van der Waals surface area contributed by atoms with Gasteiger partial charge < -0.3 is 9.84 Å². The second-order valence-corrected chi connectivity index (χ2v) is 5.08. The zero-order chi connectivity index (χ0) is 11.1. The van der Waals surface area contributed by atoms with Gasteiger partial charge in [-0.3, -0.25) is 4.90 Å². The topological polar surface area (TPSA) is 49.8 Å². The van der Waals surface area contributed by atoms with Crippen molar-refractivity contribution in [1.82, 2.24) is 4.90 Å². The molecule has 1 aliphatic heterocycles. The van der Waals surface area contributed by atoms with Crippen LogP contribution in [0.5, 0.6) is 0 Å². The number of ether oxygens (including phenoxy) is 1. The summed E-state index contributed by atoms with van der Waals surface area (Å²) in [5.74, 6) is 0.851. The van der Waals surface area contributed by atoms with E-state index in [0.717, 1.165) is 18.8 Å². The van der Waals surface area contributed by atoms with Gasteiger partial charge in [0.25, 0.3) is 0 Å². The monoisotopic (exact) mass is 213 g/mol. The molecule has 1 saturated heterocycles. The quantitative estimate of drug-likeness (QED) is 0.782. The second kappa shape index (κ2) is 3.67. The number of carboxylic acid groups (broad SMARTS) is 1. The summed E-state index contributed by atoms with van der Waals surface area (Å²) in [7, 11) is 0. The minimum Gasteiger partial charge on any atom is -0.465 e. The molecule has 1 atom stereocenters. The number of amides is 1. The van der Waals surface area contributed by atoms with Gasteiger partial charge in [0.05, 0.1) is 12.6 Å². The van der Waals surface area contributed by atoms with E-state index in [0.29, 0.717) is 6.61 Å². The maximum atomic E-state index is 11.1. The maximum absolute atomic E-state index is 11.1. The molecule has 1 N–H and O–H groups in total. The van der Waals surface area contributed by atoms with Crippen LogP contribution in [0.15, 0.2) is 0 Å². The van der Waals surface area contributed by atoms with Crippen molar-refractivity contribution in [3.05, 3.63) is 0 Å². The van der Waals surface area contributed by atoms with Gasteiger partial charge in [-0.1, -0.05) is 12.8 Å². The van der Waals surface area contributed by atoms with E-state index in [1.54, 1.807) is 0 Å². The normalized spacial score (nSPS) is 29.5. The van der Waals surface area contributed by atoms with E-state index >= 15 is 0 Å². The van der Waals surface area contributed by atoms with Crippen LogP contribution < -0.4 is 0 Å². The number of carbonyl (C=O) groups is 1. The third-order valence-electron chi connectivity index (χ3n) is 3.39. The maximum Gasteiger partial charge on any atom is 0.409 e. The number of hydrogen-bond acceptors (Lipinski definition) is 2. The minimum absolute atomic E-state index is 0.0538. The molecule has 0 radical (unpaired) electrons. The first-order valence-corrected chi connectivity index (χ1v) is 5.67. The molecule has 0 unspecified atom stereocenters. The summed E-state index contributed by atoms with van der Waals surface area (Å²) in [5.41, 5.74) is -0.653. The summed E-state index contributed by atoms with van der Waals surface area (Å²) in [4.78, 5) is 12.6. The third kappa shape index (κ3) is 2.25. The smallest absolute Gasteiger partial charge is 0.409 e. The molecular formula is C11H19NO3. The van der Waals surface area contributed by atoms with Gasteiger partial charge in [-0.15, -0.1) is 0 Å². The van der Waals surface area contributed by atoms with Crippen molar-refractivity contribution >= 4 is 6.09 Å². The van der Waals surface area contributed by atoms with E-state index in [2.05, 4.69) is 0 Å². The first-order chi connectivity index (χ1) is 7.00. The van der Waals surface area contributed by atoms with E-state index < -0.39 is 11.8 Å². The summed E-state index contributed by atoms with van der Waals surface area (Å²) in [6.07, 6.45) is 3.88. The van der Waals surface area contributed by atoms with Crippen LogP contribution in [-0.4, -0.2) is 34.5 Å². The number of rotatable bonds is 3. The summed E-state index contributed by atoms with van der Waals surface area (Å²) in [6, 6.07) is 0.0538. The molecule has 1 heterocycles. The Hall–Kier alpha value is -0.770. The van der Waals surface area contributed by atoms with E-state index in [1.807, 2.05) is 13.8 Å². The van der Waals surface area contributed by atoms with Crippen molar-refractivity contribution in [2.75, 3.05) is 6.61 Å². The molecule has 4 nitrogen and oxygen atoms in total. The Morgan fingerprint density at radius 3 is 2.67 bits per heavy atom. The molecule has 1 aliphatic carbocycles. The van der Waals surface area contributed by atoms with E-state index in [4.69, 9.17) is 9.84 Å². The molecular weight excluding hydrogens is 194 g/mol. The highest BCUT2D eigenvalue weighted by Gasteiger charge is 2.44. The Morgan fingerprint density at radius 2 is 2.13 bits per heavy atom. The number of hydrogen-bond donors (Lipinski definition) is 1. The molecule has 1 amide bonds. The molecule has 2 rings (SSSR count). The van der Waals surface area contributed by atoms with E-state index in [-0.39, 0.29) is 6.04 Å². The van der Waals surface area contributed by atoms with Crippen molar-refractivity contribution in [3.8, 4) is 0 Å². The molecule has 4 heteroatoms. The van der Waals surface area contributed by atoms with Crippen LogP contribution in [0.4, 0.5) is 4.79 Å². The molecule has 86 valence electrons. The molecule has 0 spiro atoms. The highest BCUT2D eigenvalue weighted by molar-refractivity contribution is 5.66. The Bertz CT molecular complexity index is 261. The molecule has 0 bridgehead atoms. The molecule has 0 aromatic rings. The van der Waals surface area contributed by atoms with Crippen LogP contribution >= 0.6 is 0 Å². The van der Waals surface area contributed by atoms with Crippen molar-refractivity contribution in [2.24, 2.45) is 5.92 Å². The van der Waals surface area contributed by atoms with Crippen molar-refractivity contribution in [1.29, 1.82) is 0 Å². The lowest BCUT2D eigenvalue weighted by molar-refractivity contribution is -0.0421. The van der Waals surface area contributed by atoms with Gasteiger partial charge in [0.2, 0.25) is 0 Å². The summed E-state index contributed by atoms with van der Waals surface area (Å²) >= 11 is 0. The van der Waals surface area contributed by atoms with Crippen LogP contribution in [-0.2, 0) is 4.74 Å². The first kappa shape index (κ1) is 10.7. The van der Waals surface area contributed by atoms with Crippen LogP contribution in [0.25, 0.3) is 0 Å². The van der Waals surface area contributed by atoms with Crippen molar-refractivity contribution in [3.63, 3.8) is 0 Å². The van der Waals surface area contributed by atoms with Gasteiger partial charge in [0.15, 0.2) is 0 Å². The molecule has 15 heavy (non-hydrogen) atoms. The Balaban J connectivity index is 1.94. The summed E-state index contributed by atoms with van der Waals surface area (Å²) < 4.78 is 5.52. The minimum atomic E-state index is -0.863. The Labute approximate surface area is 90.2 Å². The lowest BCUT2D eigenvalue weighted by atomic mass is 10.1. The highest BCUT2D eigenvalue weighted by atomic mass is 16.5. The van der Waals surface area contributed by atoms with Gasteiger partial charge in [-0.2, -0.15) is 0 Å². The van der Waals surface area contributed by atoms with Crippen LogP contribution in [0, 0.1) is 5.92 Å². The summed E-state index contributed by atoms with van der Waals surface area (Å²) in [6.45, 7) is 4.18. The third-order valence-corrected chi connectivity index (χ3v) is 3.39. The predicted octanol–water partition coefficient (Wildman–Crippen LogP) is 2.29. The van der Waals surface area contributed by atoms with Gasteiger partial charge in [-0.25, -0.2) is 4.79 Å². The van der Waals surface area contributed by atoms with Gasteiger partial charge in [-0.05, 0) is 32.6 Å². The lowest BCUT2D eigenvalue weighted by Crippen LogP contribution is -2.47. The average molecular weight is 213 g/mol.